The summed E-state index contributed by atoms with van der Waals surface area (Å²) in [5.74, 6) is -0.500. The molecule has 1 aromatic carbocycles. The number of halogens is 1. The number of ketones is 1. The SMILES string of the molecule is CNC(C)CC(=O)c1ccc(F)cc1N. The second-order valence-electron chi connectivity index (χ2n) is 3.55. The van der Waals surface area contributed by atoms with Crippen molar-refractivity contribution in [1.82, 2.24) is 5.32 Å². The van der Waals surface area contributed by atoms with Gasteiger partial charge in [-0.05, 0) is 32.2 Å². The summed E-state index contributed by atoms with van der Waals surface area (Å²) in [4.78, 5) is 11.7. The number of nitrogens with two attached hydrogens (primary N) is 1. The molecule has 4 heteroatoms. The zero-order valence-electron chi connectivity index (χ0n) is 8.88. The molecular formula is C11H15FN2O. The topological polar surface area (TPSA) is 55.1 Å². The van der Waals surface area contributed by atoms with Crippen molar-refractivity contribution < 1.29 is 9.18 Å². The first-order chi connectivity index (χ1) is 7.04. The van der Waals surface area contributed by atoms with Crippen LogP contribution in [0.1, 0.15) is 23.7 Å². The minimum Gasteiger partial charge on any atom is -0.398 e. The Labute approximate surface area is 88.5 Å². The summed E-state index contributed by atoms with van der Waals surface area (Å²) in [6, 6.07) is 3.92. The highest BCUT2D eigenvalue weighted by Crippen LogP contribution is 2.15. The lowest BCUT2D eigenvalue weighted by molar-refractivity contribution is 0.0973. The van der Waals surface area contributed by atoms with Crippen molar-refractivity contribution in [3.8, 4) is 0 Å². The lowest BCUT2D eigenvalue weighted by atomic mass is 10.0. The molecule has 1 unspecified atom stereocenters. The lowest BCUT2D eigenvalue weighted by Gasteiger charge is -2.10. The van der Waals surface area contributed by atoms with Crippen LogP contribution in [0.5, 0.6) is 0 Å². The van der Waals surface area contributed by atoms with Gasteiger partial charge in [0.1, 0.15) is 5.82 Å². The fourth-order valence-corrected chi connectivity index (χ4v) is 1.28. The Bertz CT molecular complexity index is 366. The van der Waals surface area contributed by atoms with Crippen LogP contribution < -0.4 is 11.1 Å². The van der Waals surface area contributed by atoms with Crippen molar-refractivity contribution in [2.24, 2.45) is 0 Å². The Hall–Kier alpha value is -1.42. The highest BCUT2D eigenvalue weighted by atomic mass is 19.1. The molecule has 0 radical (unpaired) electrons. The number of benzene rings is 1. The third kappa shape index (κ3) is 3.02. The molecule has 0 spiro atoms. The summed E-state index contributed by atoms with van der Waals surface area (Å²) in [6.45, 7) is 1.90. The van der Waals surface area contributed by atoms with Gasteiger partial charge in [0.25, 0.3) is 0 Å². The number of hydrogen-bond acceptors (Lipinski definition) is 3. The molecule has 1 atom stereocenters. The number of Topliss-reactive ketones (excluding diaryl/α,β-unsaturated/α-hetero) is 1. The normalized spacial score (nSPS) is 12.5. The van der Waals surface area contributed by atoms with E-state index in [0.29, 0.717) is 12.0 Å². The first-order valence-electron chi connectivity index (χ1n) is 4.80. The molecule has 0 amide bonds. The highest BCUT2D eigenvalue weighted by molar-refractivity contribution is 6.00. The fraction of sp³-hybridized carbons (Fsp3) is 0.364. The quantitative estimate of drug-likeness (QED) is 0.586. The molecule has 15 heavy (non-hydrogen) atoms. The summed E-state index contributed by atoms with van der Waals surface area (Å²) in [7, 11) is 1.78. The number of carbonyl (C=O) groups excluding carboxylic acids is 1. The van der Waals surface area contributed by atoms with Gasteiger partial charge in [-0.15, -0.1) is 0 Å². The number of hydrogen-bond donors (Lipinski definition) is 2. The van der Waals surface area contributed by atoms with E-state index >= 15 is 0 Å². The van der Waals surface area contributed by atoms with Gasteiger partial charge in [0, 0.05) is 23.7 Å². The monoisotopic (exact) mass is 210 g/mol. The van der Waals surface area contributed by atoms with E-state index in [4.69, 9.17) is 5.73 Å². The van der Waals surface area contributed by atoms with E-state index in [2.05, 4.69) is 5.32 Å². The van der Waals surface area contributed by atoms with Crippen LogP contribution in [0.4, 0.5) is 10.1 Å². The van der Waals surface area contributed by atoms with Gasteiger partial charge < -0.3 is 11.1 Å². The maximum Gasteiger partial charge on any atom is 0.166 e. The number of nitrogens with one attached hydrogen (secondary N) is 1. The molecule has 0 fully saturated rings. The molecule has 0 aliphatic heterocycles. The van der Waals surface area contributed by atoms with Crippen LogP contribution in [0, 0.1) is 5.82 Å². The largest absolute Gasteiger partial charge is 0.398 e. The highest BCUT2D eigenvalue weighted by Gasteiger charge is 2.12. The second-order valence-corrected chi connectivity index (χ2v) is 3.55. The molecule has 1 aromatic rings. The van der Waals surface area contributed by atoms with E-state index in [9.17, 15) is 9.18 Å². The van der Waals surface area contributed by atoms with Crippen LogP contribution in [0.3, 0.4) is 0 Å². The molecule has 82 valence electrons. The van der Waals surface area contributed by atoms with Crippen LogP contribution in [0.15, 0.2) is 18.2 Å². The lowest BCUT2D eigenvalue weighted by Crippen LogP contribution is -2.24. The van der Waals surface area contributed by atoms with Crippen molar-refractivity contribution >= 4 is 11.5 Å². The third-order valence-corrected chi connectivity index (χ3v) is 2.30. The Morgan fingerprint density at radius 3 is 2.80 bits per heavy atom. The van der Waals surface area contributed by atoms with Crippen LogP contribution >= 0.6 is 0 Å². The second kappa shape index (κ2) is 4.89. The molecule has 0 saturated heterocycles. The van der Waals surface area contributed by atoms with Crippen LogP contribution in [0.25, 0.3) is 0 Å². The molecular weight excluding hydrogens is 195 g/mol. The summed E-state index contributed by atoms with van der Waals surface area (Å²) in [6.07, 6.45) is 0.354. The minimum absolute atomic E-state index is 0.0747. The van der Waals surface area contributed by atoms with Gasteiger partial charge in [0.15, 0.2) is 5.78 Å². The van der Waals surface area contributed by atoms with Gasteiger partial charge in [-0.1, -0.05) is 0 Å². The molecule has 0 bridgehead atoms. The maximum absolute atomic E-state index is 12.7. The van der Waals surface area contributed by atoms with Crippen LogP contribution in [0.2, 0.25) is 0 Å². The van der Waals surface area contributed by atoms with Gasteiger partial charge in [-0.2, -0.15) is 0 Å². The molecule has 3 N–H and O–H groups in total. The third-order valence-electron chi connectivity index (χ3n) is 2.30. The zero-order valence-corrected chi connectivity index (χ0v) is 8.88. The Kier molecular flexibility index (Phi) is 3.80. The standard InChI is InChI=1S/C11H15FN2O/c1-7(14-2)5-11(15)9-4-3-8(12)6-10(9)13/h3-4,6-7,14H,5,13H2,1-2H3. The van der Waals surface area contributed by atoms with Gasteiger partial charge in [-0.25, -0.2) is 4.39 Å². The zero-order chi connectivity index (χ0) is 11.4. The van der Waals surface area contributed by atoms with Crippen LogP contribution in [-0.2, 0) is 0 Å². The predicted octanol–water partition coefficient (Wildman–Crippen LogP) is 1.59. The van der Waals surface area contributed by atoms with E-state index in [1.807, 2.05) is 6.92 Å². The Morgan fingerprint density at radius 1 is 1.60 bits per heavy atom. The molecule has 0 aliphatic rings. The fourth-order valence-electron chi connectivity index (χ4n) is 1.28. The van der Waals surface area contributed by atoms with Crippen molar-refractivity contribution in [2.75, 3.05) is 12.8 Å². The smallest absolute Gasteiger partial charge is 0.166 e. The Morgan fingerprint density at radius 2 is 2.27 bits per heavy atom. The van der Waals surface area contributed by atoms with Gasteiger partial charge in [0.2, 0.25) is 0 Å². The minimum atomic E-state index is -0.425. The Balaban J connectivity index is 2.82. The van der Waals surface area contributed by atoms with Gasteiger partial charge in [0.05, 0.1) is 0 Å². The van der Waals surface area contributed by atoms with E-state index in [0.717, 1.165) is 6.07 Å². The number of carbonyl (C=O) groups is 1. The molecule has 0 aromatic heterocycles. The number of rotatable bonds is 4. The van der Waals surface area contributed by atoms with Crippen molar-refractivity contribution in [3.63, 3.8) is 0 Å². The molecule has 0 saturated carbocycles. The summed E-state index contributed by atoms with van der Waals surface area (Å²) in [5, 5.41) is 2.96. The first kappa shape index (κ1) is 11.7. The van der Waals surface area contributed by atoms with Crippen molar-refractivity contribution in [2.45, 2.75) is 19.4 Å². The van der Waals surface area contributed by atoms with Crippen molar-refractivity contribution in [3.05, 3.63) is 29.6 Å². The molecule has 1 rings (SSSR count). The molecule has 3 nitrogen and oxygen atoms in total. The summed E-state index contributed by atoms with van der Waals surface area (Å²) in [5.41, 5.74) is 6.14. The average molecular weight is 210 g/mol. The van der Waals surface area contributed by atoms with Gasteiger partial charge in [-0.3, -0.25) is 4.79 Å². The summed E-state index contributed by atoms with van der Waals surface area (Å²) >= 11 is 0. The van der Waals surface area contributed by atoms with E-state index in [-0.39, 0.29) is 17.5 Å². The predicted molar refractivity (Wildman–Crippen MR) is 58.3 cm³/mol. The number of nitrogen functional groups attached to an aromatic ring is 1. The van der Waals surface area contributed by atoms with Crippen molar-refractivity contribution in [1.29, 1.82) is 0 Å². The van der Waals surface area contributed by atoms with E-state index in [1.54, 1.807) is 7.05 Å². The summed E-state index contributed by atoms with van der Waals surface area (Å²) < 4.78 is 12.7. The maximum atomic E-state index is 12.7. The van der Waals surface area contributed by atoms with E-state index in [1.165, 1.54) is 12.1 Å². The molecule has 0 heterocycles. The number of anilines is 1. The van der Waals surface area contributed by atoms with Gasteiger partial charge >= 0.3 is 0 Å². The van der Waals surface area contributed by atoms with E-state index < -0.39 is 5.82 Å². The first-order valence-corrected chi connectivity index (χ1v) is 4.80. The molecule has 0 aliphatic carbocycles. The average Bonchev–Trinajstić information content (AvgIpc) is 2.17. The van der Waals surface area contributed by atoms with Crippen LogP contribution in [-0.4, -0.2) is 18.9 Å².